The predicted octanol–water partition coefficient (Wildman–Crippen LogP) is 5.01. The molecule has 0 radical (unpaired) electrons. The topological polar surface area (TPSA) is 94.1 Å². The second-order valence-corrected chi connectivity index (χ2v) is 9.73. The van der Waals surface area contributed by atoms with Gasteiger partial charge in [-0.25, -0.2) is 4.99 Å². The van der Waals surface area contributed by atoms with Crippen molar-refractivity contribution in [1.82, 2.24) is 5.32 Å². The first-order valence-corrected chi connectivity index (χ1v) is 12.2. The van der Waals surface area contributed by atoms with E-state index in [1.807, 2.05) is 30.3 Å². The number of hydrogen-bond acceptors (Lipinski definition) is 7. The van der Waals surface area contributed by atoms with E-state index >= 15 is 0 Å². The van der Waals surface area contributed by atoms with E-state index in [4.69, 9.17) is 20.5 Å². The molecule has 7 nitrogen and oxygen atoms in total. The number of hydrogen-bond donors (Lipinski definition) is 1. The highest BCUT2D eigenvalue weighted by Crippen LogP contribution is 2.34. The average Bonchev–Trinajstić information content (AvgIpc) is 3.14. The van der Waals surface area contributed by atoms with Gasteiger partial charge in [0.05, 0.1) is 17.7 Å². The largest absolute Gasteiger partial charge is 0.493 e. The first kappa shape index (κ1) is 22.9. The Morgan fingerprint density at radius 2 is 1.73 bits per heavy atom. The molecule has 0 spiro atoms. The second-order valence-electron chi connectivity index (χ2n) is 6.72. The maximum atomic E-state index is 12.6. The van der Waals surface area contributed by atoms with Gasteiger partial charge >= 0.3 is 10.1 Å². The molecular formula is C23H17ClN2O5S2. The molecule has 0 aliphatic carbocycles. The van der Waals surface area contributed by atoms with Gasteiger partial charge in [-0.2, -0.15) is 8.42 Å². The van der Waals surface area contributed by atoms with Gasteiger partial charge in [0.15, 0.2) is 16.7 Å². The Balaban J connectivity index is 1.55. The molecule has 1 fully saturated rings. The fraction of sp³-hybridized carbons (Fsp3) is 0.0435. The molecule has 1 saturated heterocycles. The SMILES string of the molecule is COc1cc(/C=C2\SC(=Nc3ccccc3)NC2=O)ccc1OS(=O)(=O)c1ccc(Cl)cc1. The van der Waals surface area contributed by atoms with Gasteiger partial charge in [-0.15, -0.1) is 0 Å². The molecule has 0 atom stereocenters. The van der Waals surface area contributed by atoms with Crippen LogP contribution >= 0.6 is 23.4 Å². The van der Waals surface area contributed by atoms with E-state index in [0.29, 0.717) is 20.7 Å². The zero-order valence-corrected chi connectivity index (χ0v) is 19.6. The molecule has 1 aliphatic heterocycles. The lowest BCUT2D eigenvalue weighted by Crippen LogP contribution is -2.19. The van der Waals surface area contributed by atoms with E-state index in [1.165, 1.54) is 49.2 Å². The summed E-state index contributed by atoms with van der Waals surface area (Å²) < 4.78 is 35.7. The number of nitrogens with one attached hydrogen (secondary N) is 1. The molecule has 1 amide bonds. The van der Waals surface area contributed by atoms with Crippen LogP contribution in [0, 0.1) is 0 Å². The van der Waals surface area contributed by atoms with Crippen molar-refractivity contribution in [2.24, 2.45) is 4.99 Å². The molecule has 0 saturated carbocycles. The number of amides is 1. The molecule has 1 aliphatic rings. The minimum Gasteiger partial charge on any atom is -0.493 e. The highest BCUT2D eigenvalue weighted by atomic mass is 35.5. The van der Waals surface area contributed by atoms with Crippen LogP contribution in [0.5, 0.6) is 11.5 Å². The molecule has 10 heteroatoms. The number of carbonyl (C=O) groups is 1. The zero-order chi connectivity index (χ0) is 23.4. The van der Waals surface area contributed by atoms with E-state index in [0.717, 1.165) is 5.69 Å². The van der Waals surface area contributed by atoms with Crippen LogP contribution in [0.1, 0.15) is 5.56 Å². The summed E-state index contributed by atoms with van der Waals surface area (Å²) >= 11 is 7.02. The van der Waals surface area contributed by atoms with Crippen molar-refractivity contribution < 1.29 is 22.1 Å². The molecule has 3 aromatic rings. The van der Waals surface area contributed by atoms with Crippen LogP contribution < -0.4 is 14.2 Å². The quantitative estimate of drug-likeness (QED) is 0.378. The number of amidine groups is 1. The number of thioether (sulfide) groups is 1. The lowest BCUT2D eigenvalue weighted by Gasteiger charge is -2.11. The van der Waals surface area contributed by atoms with Gasteiger partial charge in [-0.05, 0) is 71.9 Å². The van der Waals surface area contributed by atoms with Gasteiger partial charge < -0.3 is 14.2 Å². The molecule has 1 N–H and O–H groups in total. The van der Waals surface area contributed by atoms with Gasteiger partial charge in [0, 0.05) is 5.02 Å². The van der Waals surface area contributed by atoms with Gasteiger partial charge in [0.2, 0.25) is 0 Å². The van der Waals surface area contributed by atoms with Crippen LogP contribution in [0.3, 0.4) is 0 Å². The molecule has 168 valence electrons. The second kappa shape index (κ2) is 9.70. The van der Waals surface area contributed by atoms with Crippen molar-refractivity contribution >= 4 is 56.3 Å². The van der Waals surface area contributed by atoms with Gasteiger partial charge in [0.25, 0.3) is 5.91 Å². The summed E-state index contributed by atoms with van der Waals surface area (Å²) in [5.41, 5.74) is 1.35. The number of carbonyl (C=O) groups excluding carboxylic acids is 1. The van der Waals surface area contributed by atoms with Crippen LogP contribution in [-0.4, -0.2) is 26.6 Å². The van der Waals surface area contributed by atoms with Crippen molar-refractivity contribution in [1.29, 1.82) is 0 Å². The Kier molecular flexibility index (Phi) is 6.73. The smallest absolute Gasteiger partial charge is 0.339 e. The molecule has 0 bridgehead atoms. The number of para-hydroxylation sites is 1. The molecule has 1 heterocycles. The first-order valence-electron chi connectivity index (χ1n) is 9.57. The van der Waals surface area contributed by atoms with Crippen molar-refractivity contribution in [2.75, 3.05) is 7.11 Å². The fourth-order valence-corrected chi connectivity index (χ4v) is 4.77. The number of benzene rings is 3. The molecule has 33 heavy (non-hydrogen) atoms. The van der Waals surface area contributed by atoms with Crippen LogP contribution in [-0.2, 0) is 14.9 Å². The van der Waals surface area contributed by atoms with E-state index in [9.17, 15) is 13.2 Å². The molecular weight excluding hydrogens is 484 g/mol. The highest BCUT2D eigenvalue weighted by Gasteiger charge is 2.24. The Morgan fingerprint density at radius 3 is 2.42 bits per heavy atom. The molecule has 0 unspecified atom stereocenters. The summed E-state index contributed by atoms with van der Waals surface area (Å²) in [6.07, 6.45) is 1.66. The number of halogens is 1. The summed E-state index contributed by atoms with van der Waals surface area (Å²) in [5.74, 6) is -0.0628. The third kappa shape index (κ3) is 5.57. The summed E-state index contributed by atoms with van der Waals surface area (Å²) in [4.78, 5) is 17.2. The van der Waals surface area contributed by atoms with Crippen molar-refractivity contribution in [3.05, 3.63) is 88.3 Å². The third-order valence-electron chi connectivity index (χ3n) is 4.42. The number of ether oxygens (including phenoxy) is 1. The van der Waals surface area contributed by atoms with Crippen molar-refractivity contribution in [3.8, 4) is 11.5 Å². The van der Waals surface area contributed by atoms with Crippen LogP contribution in [0.4, 0.5) is 5.69 Å². The van der Waals surface area contributed by atoms with E-state index < -0.39 is 10.1 Å². The monoisotopic (exact) mass is 500 g/mol. The maximum absolute atomic E-state index is 12.6. The zero-order valence-electron chi connectivity index (χ0n) is 17.2. The normalized spacial score (nSPS) is 16.1. The number of methoxy groups -OCH3 is 1. The number of rotatable bonds is 6. The van der Waals surface area contributed by atoms with Gasteiger partial charge in [-0.1, -0.05) is 35.9 Å². The highest BCUT2D eigenvalue weighted by molar-refractivity contribution is 8.18. The Morgan fingerprint density at radius 1 is 1.00 bits per heavy atom. The summed E-state index contributed by atoms with van der Waals surface area (Å²) in [6.45, 7) is 0. The predicted molar refractivity (Wildman–Crippen MR) is 130 cm³/mol. The van der Waals surface area contributed by atoms with Crippen LogP contribution in [0.15, 0.2) is 87.6 Å². The van der Waals surface area contributed by atoms with Gasteiger partial charge in [0.1, 0.15) is 4.90 Å². The number of aliphatic imine (C=N–C) groups is 1. The Hall–Kier alpha value is -3.27. The lowest BCUT2D eigenvalue weighted by atomic mass is 10.2. The van der Waals surface area contributed by atoms with Crippen LogP contribution in [0.2, 0.25) is 5.02 Å². The average molecular weight is 501 g/mol. The first-order chi connectivity index (χ1) is 15.8. The minimum atomic E-state index is -4.08. The standard InChI is InChI=1S/C23H17ClN2O5S2/c1-30-20-13-15(7-12-19(20)31-33(28,29)18-10-8-16(24)9-11-18)14-21-22(27)26-23(32-21)25-17-5-3-2-4-6-17/h2-14H,1H3,(H,25,26,27)/b21-14-. The van der Waals surface area contributed by atoms with Crippen molar-refractivity contribution in [3.63, 3.8) is 0 Å². The lowest BCUT2D eigenvalue weighted by molar-refractivity contribution is -0.115. The summed E-state index contributed by atoms with van der Waals surface area (Å²) in [5, 5.41) is 3.61. The van der Waals surface area contributed by atoms with E-state index in [-0.39, 0.29) is 22.3 Å². The Bertz CT molecular complexity index is 1360. The summed E-state index contributed by atoms with van der Waals surface area (Å²) in [7, 11) is -2.68. The van der Waals surface area contributed by atoms with Crippen molar-refractivity contribution in [2.45, 2.75) is 4.90 Å². The number of nitrogens with zero attached hydrogens (tertiary/aromatic N) is 1. The van der Waals surface area contributed by atoms with Gasteiger partial charge in [-0.3, -0.25) is 4.79 Å². The third-order valence-corrected chi connectivity index (χ3v) is 6.84. The summed E-state index contributed by atoms with van der Waals surface area (Å²) in [6, 6.07) is 19.6. The maximum Gasteiger partial charge on any atom is 0.339 e. The molecule has 3 aromatic carbocycles. The minimum absolute atomic E-state index is 0.0180. The van der Waals surface area contributed by atoms with E-state index in [1.54, 1.807) is 18.2 Å². The van der Waals surface area contributed by atoms with Crippen LogP contribution in [0.25, 0.3) is 6.08 Å². The molecule has 4 rings (SSSR count). The van der Waals surface area contributed by atoms with E-state index in [2.05, 4.69) is 10.3 Å². The fourth-order valence-electron chi connectivity index (χ4n) is 2.86. The Labute approximate surface area is 200 Å². The molecule has 0 aromatic heterocycles.